The van der Waals surface area contributed by atoms with Crippen LogP contribution in [0.1, 0.15) is 38.3 Å². The van der Waals surface area contributed by atoms with Crippen LogP contribution < -0.4 is 0 Å². The molecule has 0 aliphatic heterocycles. The van der Waals surface area contributed by atoms with Gasteiger partial charge in [0, 0.05) is 18.1 Å². The van der Waals surface area contributed by atoms with Gasteiger partial charge in [0.05, 0.1) is 0 Å². The Kier molecular flexibility index (Phi) is 9.43. The topological polar surface area (TPSA) is 23.6 Å². The maximum atomic E-state index is 13.3. The van der Waals surface area contributed by atoms with E-state index >= 15 is 0 Å². The number of hydrogen-bond donors (Lipinski definition) is 0. The van der Waals surface area contributed by atoms with Gasteiger partial charge in [-0.15, -0.1) is 13.2 Å². The predicted octanol–water partition coefficient (Wildman–Crippen LogP) is 4.70. The van der Waals surface area contributed by atoms with Crippen molar-refractivity contribution < 1.29 is 4.79 Å². The first-order valence-corrected chi connectivity index (χ1v) is 8.96. The summed E-state index contributed by atoms with van der Waals surface area (Å²) < 4.78 is 0. The lowest BCUT2D eigenvalue weighted by atomic mass is 10.0. The first-order valence-electron chi connectivity index (χ1n) is 8.59. The molecule has 4 heteroatoms. The lowest BCUT2D eigenvalue weighted by Crippen LogP contribution is -2.43. The van der Waals surface area contributed by atoms with Crippen LogP contribution in [-0.4, -0.2) is 41.9 Å². The molecule has 0 saturated heterocycles. The van der Waals surface area contributed by atoms with Crippen LogP contribution in [-0.2, 0) is 4.79 Å². The van der Waals surface area contributed by atoms with E-state index in [2.05, 4.69) is 31.9 Å². The van der Waals surface area contributed by atoms with Crippen molar-refractivity contribution in [1.82, 2.24) is 9.80 Å². The molecule has 1 aromatic rings. The molecule has 0 aliphatic rings. The van der Waals surface area contributed by atoms with E-state index in [0.29, 0.717) is 18.1 Å². The number of likely N-dealkylation sites (N-methyl/N-ethyl adjacent to an activating group) is 1. The van der Waals surface area contributed by atoms with Gasteiger partial charge in [0.1, 0.15) is 6.04 Å². The minimum absolute atomic E-state index is 0.129. The molecule has 24 heavy (non-hydrogen) atoms. The van der Waals surface area contributed by atoms with Gasteiger partial charge in [-0.1, -0.05) is 49.7 Å². The normalized spacial score (nSPS) is 12.0. The molecule has 1 atom stereocenters. The molecule has 1 aromatic carbocycles. The third kappa shape index (κ3) is 5.81. The summed E-state index contributed by atoms with van der Waals surface area (Å²) in [6.45, 7) is 14.7. The average molecular weight is 349 g/mol. The molecule has 0 aliphatic carbocycles. The molecule has 0 saturated carbocycles. The number of halogens is 1. The van der Waals surface area contributed by atoms with Crippen molar-refractivity contribution in [3.05, 3.63) is 60.2 Å². The number of carbonyl (C=O) groups excluding carboxylic acids is 1. The molecule has 0 N–H and O–H groups in total. The van der Waals surface area contributed by atoms with Crippen LogP contribution in [0.3, 0.4) is 0 Å². The number of rotatable bonds is 11. The van der Waals surface area contributed by atoms with Crippen molar-refractivity contribution in [1.29, 1.82) is 0 Å². The molecule has 0 heterocycles. The molecule has 0 aromatic heterocycles. The summed E-state index contributed by atoms with van der Waals surface area (Å²) in [5.41, 5.74) is 0.982. The highest BCUT2D eigenvalue weighted by atomic mass is 35.5. The van der Waals surface area contributed by atoms with Crippen molar-refractivity contribution in [2.45, 2.75) is 32.7 Å². The molecule has 0 bridgehead atoms. The maximum Gasteiger partial charge on any atom is 0.244 e. The molecular formula is C20H29ClN2O. The molecular weight excluding hydrogens is 320 g/mol. The minimum Gasteiger partial charge on any atom is -0.340 e. The first kappa shape index (κ1) is 20.5. The zero-order valence-corrected chi connectivity index (χ0v) is 15.6. The quantitative estimate of drug-likeness (QED) is 0.541. The van der Waals surface area contributed by atoms with Gasteiger partial charge >= 0.3 is 0 Å². The summed E-state index contributed by atoms with van der Waals surface area (Å²) >= 11 is 6.01. The largest absolute Gasteiger partial charge is 0.340 e. The van der Waals surface area contributed by atoms with Gasteiger partial charge < -0.3 is 4.90 Å². The summed E-state index contributed by atoms with van der Waals surface area (Å²) in [4.78, 5) is 17.4. The zero-order valence-electron chi connectivity index (χ0n) is 14.9. The number of benzene rings is 1. The smallest absolute Gasteiger partial charge is 0.244 e. The monoisotopic (exact) mass is 348 g/mol. The summed E-state index contributed by atoms with van der Waals surface area (Å²) in [7, 11) is 0. The average Bonchev–Trinajstić information content (AvgIpc) is 2.60. The van der Waals surface area contributed by atoms with Gasteiger partial charge in [-0.25, -0.2) is 0 Å². The second-order valence-corrected chi connectivity index (χ2v) is 6.09. The van der Waals surface area contributed by atoms with Gasteiger partial charge in [-0.3, -0.25) is 9.69 Å². The molecule has 0 fully saturated rings. The summed E-state index contributed by atoms with van der Waals surface area (Å²) in [5.74, 6) is 0.129. The predicted molar refractivity (Wildman–Crippen MR) is 103 cm³/mol. The third-order valence-corrected chi connectivity index (χ3v) is 4.37. The van der Waals surface area contributed by atoms with E-state index in [4.69, 9.17) is 11.6 Å². The Morgan fingerprint density at radius 2 is 1.58 bits per heavy atom. The van der Waals surface area contributed by atoms with E-state index in [-0.39, 0.29) is 11.9 Å². The van der Waals surface area contributed by atoms with Gasteiger partial charge in [0.15, 0.2) is 0 Å². The second kappa shape index (κ2) is 11.1. The zero-order chi connectivity index (χ0) is 17.9. The van der Waals surface area contributed by atoms with E-state index in [1.165, 1.54) is 0 Å². The Labute approximate surface area is 151 Å². The van der Waals surface area contributed by atoms with Crippen molar-refractivity contribution in [2.75, 3.05) is 26.2 Å². The van der Waals surface area contributed by atoms with Gasteiger partial charge in [0.2, 0.25) is 5.91 Å². The Morgan fingerprint density at radius 3 is 2.00 bits per heavy atom. The molecule has 3 nitrogen and oxygen atoms in total. The summed E-state index contributed by atoms with van der Waals surface area (Å²) in [6.07, 6.45) is 5.27. The number of nitrogens with zero attached hydrogens (tertiary/aromatic N) is 2. The number of hydrogen-bond acceptors (Lipinski definition) is 2. The lowest BCUT2D eigenvalue weighted by Gasteiger charge is -2.34. The molecule has 1 rings (SSSR count). The highest BCUT2D eigenvalue weighted by Gasteiger charge is 2.29. The fraction of sp³-hybridized carbons (Fsp3) is 0.450. The van der Waals surface area contributed by atoms with Crippen LogP contribution in [0.5, 0.6) is 0 Å². The van der Waals surface area contributed by atoms with Crippen LogP contribution >= 0.6 is 11.6 Å². The van der Waals surface area contributed by atoms with Crippen molar-refractivity contribution in [2.24, 2.45) is 0 Å². The van der Waals surface area contributed by atoms with E-state index in [9.17, 15) is 4.79 Å². The first-order chi connectivity index (χ1) is 11.6. The van der Waals surface area contributed by atoms with Crippen molar-refractivity contribution in [3.63, 3.8) is 0 Å². The molecule has 1 unspecified atom stereocenters. The van der Waals surface area contributed by atoms with E-state index in [1.807, 2.05) is 41.3 Å². The number of amides is 1. The maximum absolute atomic E-state index is 13.3. The van der Waals surface area contributed by atoms with Gasteiger partial charge in [-0.2, -0.15) is 0 Å². The van der Waals surface area contributed by atoms with Crippen LogP contribution in [0.2, 0.25) is 5.02 Å². The summed E-state index contributed by atoms with van der Waals surface area (Å²) in [6, 6.07) is 7.30. The summed E-state index contributed by atoms with van der Waals surface area (Å²) in [5, 5.41) is 0.680. The Hall–Kier alpha value is -1.58. The van der Waals surface area contributed by atoms with E-state index < -0.39 is 0 Å². The van der Waals surface area contributed by atoms with Crippen molar-refractivity contribution >= 4 is 17.5 Å². The Bertz CT molecular complexity index is 511. The van der Waals surface area contributed by atoms with Crippen LogP contribution in [0, 0.1) is 0 Å². The van der Waals surface area contributed by atoms with Crippen LogP contribution in [0.25, 0.3) is 0 Å². The molecule has 0 radical (unpaired) electrons. The molecule has 0 spiro atoms. The fourth-order valence-electron chi connectivity index (χ4n) is 2.74. The molecule has 1 amide bonds. The van der Waals surface area contributed by atoms with Gasteiger partial charge in [-0.05, 0) is 43.6 Å². The second-order valence-electron chi connectivity index (χ2n) is 5.66. The van der Waals surface area contributed by atoms with Crippen LogP contribution in [0.15, 0.2) is 49.6 Å². The third-order valence-electron chi connectivity index (χ3n) is 4.12. The molecule has 132 valence electrons. The van der Waals surface area contributed by atoms with Crippen molar-refractivity contribution in [3.8, 4) is 0 Å². The fourth-order valence-corrected chi connectivity index (χ4v) is 2.87. The van der Waals surface area contributed by atoms with E-state index in [1.54, 1.807) is 0 Å². The van der Waals surface area contributed by atoms with Crippen LogP contribution in [0.4, 0.5) is 0 Å². The standard InChI is InChI=1S/C20H29ClN2O/c1-5-9-15-23(16-10-6-2)20(24)19(22(7-3)8-4)17-11-13-18(21)14-12-17/h5-6,11-14,19H,1-2,7-10,15-16H2,3-4H3. The van der Waals surface area contributed by atoms with Gasteiger partial charge in [0.25, 0.3) is 0 Å². The Balaban J connectivity index is 3.13. The SMILES string of the molecule is C=CCCN(CCC=C)C(=O)C(c1ccc(Cl)cc1)N(CC)CC. The Morgan fingerprint density at radius 1 is 1.08 bits per heavy atom. The highest BCUT2D eigenvalue weighted by molar-refractivity contribution is 6.30. The minimum atomic E-state index is -0.285. The highest BCUT2D eigenvalue weighted by Crippen LogP contribution is 2.25. The number of carbonyl (C=O) groups is 1. The lowest BCUT2D eigenvalue weighted by molar-refractivity contribution is -0.137. The van der Waals surface area contributed by atoms with E-state index in [0.717, 1.165) is 31.5 Å².